The number of aromatic nitrogens is 2. The van der Waals surface area contributed by atoms with E-state index in [0.717, 1.165) is 23.6 Å². The summed E-state index contributed by atoms with van der Waals surface area (Å²) in [6, 6.07) is 7.32. The van der Waals surface area contributed by atoms with Gasteiger partial charge in [0, 0.05) is 44.4 Å². The number of amides is 1. The maximum absolute atomic E-state index is 12.5. The zero-order valence-corrected chi connectivity index (χ0v) is 16.0. The van der Waals surface area contributed by atoms with Gasteiger partial charge in [0.25, 0.3) is 5.91 Å². The van der Waals surface area contributed by atoms with E-state index in [9.17, 15) is 4.79 Å². The van der Waals surface area contributed by atoms with Gasteiger partial charge in [0.1, 0.15) is 0 Å². The first kappa shape index (κ1) is 18.5. The fraction of sp³-hybridized carbons (Fsp3) is 0.450. The van der Waals surface area contributed by atoms with Crippen LogP contribution in [0.5, 0.6) is 11.5 Å². The van der Waals surface area contributed by atoms with Gasteiger partial charge in [-0.1, -0.05) is 12.1 Å². The highest BCUT2D eigenvalue weighted by atomic mass is 16.5. The van der Waals surface area contributed by atoms with E-state index in [1.165, 1.54) is 0 Å². The van der Waals surface area contributed by atoms with E-state index in [2.05, 4.69) is 9.88 Å². The summed E-state index contributed by atoms with van der Waals surface area (Å²) in [6.45, 7) is 3.94. The molecule has 0 saturated carbocycles. The number of rotatable bonds is 5. The van der Waals surface area contributed by atoms with Crippen LogP contribution in [0.15, 0.2) is 30.5 Å². The lowest BCUT2D eigenvalue weighted by Gasteiger charge is -2.35. The summed E-state index contributed by atoms with van der Waals surface area (Å²) in [4.78, 5) is 25.6. The number of fused-ring (bicyclic) bond motifs is 1. The highest BCUT2D eigenvalue weighted by Crippen LogP contribution is 2.25. The van der Waals surface area contributed by atoms with Gasteiger partial charge in [-0.3, -0.25) is 4.79 Å². The number of carbonyl (C=O) groups excluding carboxylic acids is 1. The van der Waals surface area contributed by atoms with Crippen LogP contribution in [0.1, 0.15) is 11.3 Å². The SMILES string of the molecule is COc1ccccc1OCC(=O)N1CCN(c2ncc3c(n2)CCOC3)CC1. The van der Waals surface area contributed by atoms with Crippen molar-refractivity contribution in [3.63, 3.8) is 0 Å². The molecule has 0 spiro atoms. The summed E-state index contributed by atoms with van der Waals surface area (Å²) in [5.74, 6) is 1.89. The van der Waals surface area contributed by atoms with Crippen LogP contribution in [0.4, 0.5) is 5.95 Å². The van der Waals surface area contributed by atoms with E-state index in [-0.39, 0.29) is 12.5 Å². The highest BCUT2D eigenvalue weighted by molar-refractivity contribution is 5.78. The molecule has 0 atom stereocenters. The predicted molar refractivity (Wildman–Crippen MR) is 103 cm³/mol. The predicted octanol–water partition coefficient (Wildman–Crippen LogP) is 1.29. The van der Waals surface area contributed by atoms with Crippen molar-refractivity contribution < 1.29 is 19.0 Å². The summed E-state index contributed by atoms with van der Waals surface area (Å²) in [5.41, 5.74) is 2.14. The minimum Gasteiger partial charge on any atom is -0.493 e. The van der Waals surface area contributed by atoms with Gasteiger partial charge < -0.3 is 24.0 Å². The molecule has 2 aromatic rings. The monoisotopic (exact) mass is 384 g/mol. The van der Waals surface area contributed by atoms with Crippen LogP contribution < -0.4 is 14.4 Å². The van der Waals surface area contributed by atoms with Gasteiger partial charge in [-0.15, -0.1) is 0 Å². The fourth-order valence-corrected chi connectivity index (χ4v) is 3.40. The molecule has 8 heteroatoms. The van der Waals surface area contributed by atoms with E-state index in [1.54, 1.807) is 13.2 Å². The van der Waals surface area contributed by atoms with Crippen LogP contribution in [0, 0.1) is 0 Å². The average Bonchev–Trinajstić information content (AvgIpc) is 2.77. The second-order valence-corrected chi connectivity index (χ2v) is 6.75. The number of para-hydroxylation sites is 2. The number of hydrogen-bond donors (Lipinski definition) is 0. The Morgan fingerprint density at radius 3 is 2.75 bits per heavy atom. The molecule has 4 rings (SSSR count). The molecule has 1 aromatic carbocycles. The molecular weight excluding hydrogens is 360 g/mol. The average molecular weight is 384 g/mol. The van der Waals surface area contributed by atoms with Crippen LogP contribution in [0.25, 0.3) is 0 Å². The number of hydrogen-bond acceptors (Lipinski definition) is 7. The van der Waals surface area contributed by atoms with Crippen molar-refractivity contribution in [2.75, 3.05) is 51.4 Å². The lowest BCUT2D eigenvalue weighted by molar-refractivity contribution is -0.133. The molecule has 2 aliphatic rings. The maximum atomic E-state index is 12.5. The first-order valence-electron chi connectivity index (χ1n) is 9.45. The first-order valence-corrected chi connectivity index (χ1v) is 9.45. The molecule has 0 radical (unpaired) electrons. The van der Waals surface area contributed by atoms with Crippen molar-refractivity contribution in [3.8, 4) is 11.5 Å². The molecule has 1 fully saturated rings. The molecule has 1 aromatic heterocycles. The summed E-state index contributed by atoms with van der Waals surface area (Å²) in [7, 11) is 1.58. The lowest BCUT2D eigenvalue weighted by Crippen LogP contribution is -2.50. The number of carbonyl (C=O) groups is 1. The van der Waals surface area contributed by atoms with Crippen molar-refractivity contribution in [2.45, 2.75) is 13.0 Å². The normalized spacial score (nSPS) is 16.5. The highest BCUT2D eigenvalue weighted by Gasteiger charge is 2.24. The number of methoxy groups -OCH3 is 1. The number of ether oxygens (including phenoxy) is 3. The summed E-state index contributed by atoms with van der Waals surface area (Å²) >= 11 is 0. The maximum Gasteiger partial charge on any atom is 0.260 e. The minimum absolute atomic E-state index is 0.00425. The smallest absolute Gasteiger partial charge is 0.260 e. The van der Waals surface area contributed by atoms with E-state index in [0.29, 0.717) is 50.9 Å². The molecule has 3 heterocycles. The summed E-state index contributed by atoms with van der Waals surface area (Å²) in [5, 5.41) is 0. The van der Waals surface area contributed by atoms with Gasteiger partial charge >= 0.3 is 0 Å². The number of benzene rings is 1. The quantitative estimate of drug-likeness (QED) is 0.769. The van der Waals surface area contributed by atoms with Crippen molar-refractivity contribution in [1.82, 2.24) is 14.9 Å². The van der Waals surface area contributed by atoms with E-state index >= 15 is 0 Å². The standard InChI is InChI=1S/C20H24N4O4/c1-26-17-4-2-3-5-18(17)28-14-19(25)23-7-9-24(10-8-23)20-21-12-15-13-27-11-6-16(15)22-20/h2-5,12H,6-11,13-14H2,1H3. The Kier molecular flexibility index (Phi) is 5.57. The van der Waals surface area contributed by atoms with Crippen molar-refractivity contribution in [3.05, 3.63) is 41.7 Å². The second kappa shape index (κ2) is 8.43. The Bertz CT molecular complexity index is 837. The zero-order valence-electron chi connectivity index (χ0n) is 16.0. The Morgan fingerprint density at radius 2 is 1.96 bits per heavy atom. The summed E-state index contributed by atoms with van der Waals surface area (Å²) < 4.78 is 16.3. The Hall–Kier alpha value is -2.87. The molecular formula is C20H24N4O4. The molecule has 8 nitrogen and oxygen atoms in total. The third-order valence-corrected chi connectivity index (χ3v) is 5.02. The molecule has 1 saturated heterocycles. The molecule has 1 amide bonds. The Labute approximate surface area is 164 Å². The summed E-state index contributed by atoms with van der Waals surface area (Å²) in [6.07, 6.45) is 2.68. The largest absolute Gasteiger partial charge is 0.493 e. The van der Waals surface area contributed by atoms with Gasteiger partial charge in [0.2, 0.25) is 5.95 Å². The number of anilines is 1. The second-order valence-electron chi connectivity index (χ2n) is 6.75. The van der Waals surface area contributed by atoms with Crippen molar-refractivity contribution >= 4 is 11.9 Å². The fourth-order valence-electron chi connectivity index (χ4n) is 3.40. The third kappa shape index (κ3) is 4.01. The van der Waals surface area contributed by atoms with Gasteiger partial charge in [0.15, 0.2) is 18.1 Å². The number of piperazine rings is 1. The lowest BCUT2D eigenvalue weighted by atomic mass is 10.1. The van der Waals surface area contributed by atoms with Crippen LogP contribution in [-0.4, -0.2) is 67.3 Å². The molecule has 28 heavy (non-hydrogen) atoms. The van der Waals surface area contributed by atoms with Crippen molar-refractivity contribution in [2.24, 2.45) is 0 Å². The minimum atomic E-state index is -0.0333. The molecule has 148 valence electrons. The van der Waals surface area contributed by atoms with Crippen LogP contribution in [0.3, 0.4) is 0 Å². The van der Waals surface area contributed by atoms with E-state index < -0.39 is 0 Å². The van der Waals surface area contributed by atoms with Crippen LogP contribution in [0.2, 0.25) is 0 Å². The van der Waals surface area contributed by atoms with Crippen LogP contribution in [-0.2, 0) is 22.6 Å². The van der Waals surface area contributed by atoms with E-state index in [1.807, 2.05) is 29.3 Å². The van der Waals surface area contributed by atoms with E-state index in [4.69, 9.17) is 19.2 Å². The van der Waals surface area contributed by atoms with Gasteiger partial charge in [-0.05, 0) is 12.1 Å². The Morgan fingerprint density at radius 1 is 1.18 bits per heavy atom. The molecule has 0 N–H and O–H groups in total. The first-order chi connectivity index (χ1) is 13.7. The van der Waals surface area contributed by atoms with Gasteiger partial charge in [0.05, 0.1) is 26.0 Å². The molecule has 0 unspecified atom stereocenters. The van der Waals surface area contributed by atoms with Gasteiger partial charge in [-0.2, -0.15) is 0 Å². The molecule has 0 bridgehead atoms. The number of nitrogens with zero attached hydrogens (tertiary/aromatic N) is 4. The third-order valence-electron chi connectivity index (χ3n) is 5.02. The zero-order chi connectivity index (χ0) is 19.3. The molecule has 0 aliphatic carbocycles. The molecule has 2 aliphatic heterocycles. The Balaban J connectivity index is 1.30. The van der Waals surface area contributed by atoms with Crippen molar-refractivity contribution in [1.29, 1.82) is 0 Å². The van der Waals surface area contributed by atoms with Gasteiger partial charge in [-0.25, -0.2) is 9.97 Å². The topological polar surface area (TPSA) is 77.0 Å². The van der Waals surface area contributed by atoms with Crippen LogP contribution >= 0.6 is 0 Å².